The Labute approximate surface area is 169 Å². The third kappa shape index (κ3) is 3.44. The second-order valence-electron chi connectivity index (χ2n) is 7.63. The molecular formula is C23H24O6. The summed E-state index contributed by atoms with van der Waals surface area (Å²) in [5.74, 6) is 0.963. The number of methoxy groups -OCH3 is 1. The summed E-state index contributed by atoms with van der Waals surface area (Å²) in [7, 11) is 1.60. The maximum absolute atomic E-state index is 12.7. The molecule has 0 spiro atoms. The molecule has 2 atom stereocenters. The lowest BCUT2D eigenvalue weighted by Crippen LogP contribution is -2.43. The minimum absolute atomic E-state index is 0.189. The summed E-state index contributed by atoms with van der Waals surface area (Å²) in [6.45, 7) is 3.96. The first-order chi connectivity index (χ1) is 13.9. The van der Waals surface area contributed by atoms with Crippen LogP contribution in [0.4, 0.5) is 0 Å². The van der Waals surface area contributed by atoms with Crippen LogP contribution in [0.1, 0.15) is 25.0 Å². The summed E-state index contributed by atoms with van der Waals surface area (Å²) in [6.07, 6.45) is 2.06. The number of hydrogen-bond donors (Lipinski definition) is 1. The Bertz CT molecular complexity index is 946. The Hall–Kier alpha value is -2.99. The zero-order valence-corrected chi connectivity index (χ0v) is 16.7. The van der Waals surface area contributed by atoms with Gasteiger partial charge in [-0.25, -0.2) is 0 Å². The van der Waals surface area contributed by atoms with Gasteiger partial charge in [-0.3, -0.25) is 4.79 Å². The molecule has 0 saturated carbocycles. The standard InChI is InChI=1S/C23H24O6/c1-14(2)23(25)18(10-16-6-9-19-20(11-16)28-13-27-19)22(24)29-21(23)12-15-4-7-17(26-3)8-5-15/h4-9,11-12,14,18,25H,10,13H2,1-3H3/b21-12-/t18-,23+/m1/s1. The fraction of sp³-hybridized carbons (Fsp3) is 0.348. The fourth-order valence-electron chi connectivity index (χ4n) is 3.84. The van der Waals surface area contributed by atoms with E-state index in [4.69, 9.17) is 18.9 Å². The normalized spacial score (nSPS) is 24.2. The average Bonchev–Trinajstić information content (AvgIpc) is 3.27. The van der Waals surface area contributed by atoms with Gasteiger partial charge in [0.2, 0.25) is 6.79 Å². The van der Waals surface area contributed by atoms with Gasteiger partial charge in [0, 0.05) is 0 Å². The predicted octanol–water partition coefficient (Wildman–Crippen LogP) is 3.57. The summed E-state index contributed by atoms with van der Waals surface area (Å²) >= 11 is 0. The number of rotatable bonds is 5. The fourth-order valence-corrected chi connectivity index (χ4v) is 3.84. The molecular weight excluding hydrogens is 372 g/mol. The lowest BCUT2D eigenvalue weighted by Gasteiger charge is -2.31. The summed E-state index contributed by atoms with van der Waals surface area (Å²) in [4.78, 5) is 12.7. The SMILES string of the molecule is COc1ccc(/C=C2\OC(=O)[C@@H](Cc3ccc4c(c3)OCO4)[C@@]2(O)C(C)C)cc1. The molecule has 2 heterocycles. The average molecular weight is 396 g/mol. The molecule has 152 valence electrons. The number of cyclic esters (lactones) is 1. The number of aliphatic hydroxyl groups is 1. The third-order valence-electron chi connectivity index (χ3n) is 5.59. The highest BCUT2D eigenvalue weighted by Crippen LogP contribution is 2.44. The summed E-state index contributed by atoms with van der Waals surface area (Å²) < 4.78 is 21.5. The van der Waals surface area contributed by atoms with Crippen LogP contribution in [-0.4, -0.2) is 30.6 Å². The molecule has 29 heavy (non-hydrogen) atoms. The first kappa shape index (κ1) is 19.3. The first-order valence-corrected chi connectivity index (χ1v) is 9.60. The number of carbonyl (C=O) groups excluding carboxylic acids is 1. The molecule has 1 saturated heterocycles. The maximum Gasteiger partial charge on any atom is 0.317 e. The molecule has 6 heteroatoms. The molecule has 0 unspecified atom stereocenters. The number of benzene rings is 2. The van der Waals surface area contributed by atoms with Crippen molar-refractivity contribution in [2.24, 2.45) is 11.8 Å². The molecule has 2 aromatic rings. The van der Waals surface area contributed by atoms with Gasteiger partial charge in [0.1, 0.15) is 17.1 Å². The monoisotopic (exact) mass is 396 g/mol. The molecule has 0 amide bonds. The minimum Gasteiger partial charge on any atom is -0.497 e. The Kier molecular flexibility index (Phi) is 4.96. The Morgan fingerprint density at radius 3 is 2.59 bits per heavy atom. The summed E-state index contributed by atoms with van der Waals surface area (Å²) in [6, 6.07) is 12.9. The van der Waals surface area contributed by atoms with Crippen molar-refractivity contribution < 1.29 is 28.8 Å². The molecule has 2 aromatic carbocycles. The van der Waals surface area contributed by atoms with Crippen molar-refractivity contribution in [2.45, 2.75) is 25.9 Å². The summed E-state index contributed by atoms with van der Waals surface area (Å²) in [5, 5.41) is 11.6. The Morgan fingerprint density at radius 1 is 1.17 bits per heavy atom. The van der Waals surface area contributed by atoms with Crippen molar-refractivity contribution in [2.75, 3.05) is 13.9 Å². The summed E-state index contributed by atoms with van der Waals surface area (Å²) in [5.41, 5.74) is 0.283. The van der Waals surface area contributed by atoms with E-state index < -0.39 is 17.5 Å². The number of carbonyl (C=O) groups is 1. The van der Waals surface area contributed by atoms with Crippen molar-refractivity contribution in [3.05, 3.63) is 59.4 Å². The van der Waals surface area contributed by atoms with Gasteiger partial charge in [-0.1, -0.05) is 32.0 Å². The topological polar surface area (TPSA) is 74.2 Å². The van der Waals surface area contributed by atoms with Gasteiger partial charge >= 0.3 is 5.97 Å². The van der Waals surface area contributed by atoms with E-state index in [0.29, 0.717) is 17.9 Å². The lowest BCUT2D eigenvalue weighted by atomic mass is 9.75. The van der Waals surface area contributed by atoms with E-state index in [-0.39, 0.29) is 18.5 Å². The van der Waals surface area contributed by atoms with Crippen LogP contribution in [0.2, 0.25) is 0 Å². The van der Waals surface area contributed by atoms with Gasteiger partial charge in [0.05, 0.1) is 13.0 Å². The molecule has 0 radical (unpaired) electrons. The van der Waals surface area contributed by atoms with Gasteiger partial charge in [0.15, 0.2) is 11.5 Å². The lowest BCUT2D eigenvalue weighted by molar-refractivity contribution is -0.140. The zero-order valence-electron chi connectivity index (χ0n) is 16.7. The molecule has 4 rings (SSSR count). The highest BCUT2D eigenvalue weighted by atomic mass is 16.7. The molecule has 0 aromatic heterocycles. The molecule has 0 bridgehead atoms. The minimum atomic E-state index is -1.41. The van der Waals surface area contributed by atoms with Crippen LogP contribution < -0.4 is 14.2 Å². The molecule has 6 nitrogen and oxygen atoms in total. The molecule has 2 aliphatic rings. The van der Waals surface area contributed by atoms with Crippen LogP contribution >= 0.6 is 0 Å². The predicted molar refractivity (Wildman–Crippen MR) is 107 cm³/mol. The Morgan fingerprint density at radius 2 is 1.90 bits per heavy atom. The smallest absolute Gasteiger partial charge is 0.317 e. The van der Waals surface area contributed by atoms with Crippen LogP contribution in [0.5, 0.6) is 17.2 Å². The van der Waals surface area contributed by atoms with E-state index >= 15 is 0 Å². The second-order valence-corrected chi connectivity index (χ2v) is 7.63. The quantitative estimate of drug-likeness (QED) is 0.779. The number of ether oxygens (including phenoxy) is 4. The maximum atomic E-state index is 12.7. The van der Waals surface area contributed by atoms with Crippen molar-refractivity contribution >= 4 is 12.0 Å². The van der Waals surface area contributed by atoms with Crippen LogP contribution in [0.15, 0.2) is 48.2 Å². The highest BCUT2D eigenvalue weighted by molar-refractivity contribution is 5.82. The van der Waals surface area contributed by atoms with Crippen molar-refractivity contribution in [1.82, 2.24) is 0 Å². The number of fused-ring (bicyclic) bond motifs is 1. The molecule has 0 aliphatic carbocycles. The largest absolute Gasteiger partial charge is 0.497 e. The third-order valence-corrected chi connectivity index (χ3v) is 5.59. The van der Waals surface area contributed by atoms with Gasteiger partial charge < -0.3 is 24.1 Å². The van der Waals surface area contributed by atoms with E-state index in [9.17, 15) is 9.90 Å². The Balaban J connectivity index is 1.65. The van der Waals surface area contributed by atoms with Crippen molar-refractivity contribution in [3.63, 3.8) is 0 Å². The van der Waals surface area contributed by atoms with E-state index in [1.807, 2.05) is 56.3 Å². The van der Waals surface area contributed by atoms with Crippen LogP contribution in [0.3, 0.4) is 0 Å². The number of esters is 1. The van der Waals surface area contributed by atoms with Gasteiger partial charge in [-0.05, 0) is 53.8 Å². The zero-order chi connectivity index (χ0) is 20.6. The molecule has 1 fully saturated rings. The number of hydrogen-bond acceptors (Lipinski definition) is 6. The van der Waals surface area contributed by atoms with Gasteiger partial charge in [-0.15, -0.1) is 0 Å². The molecule has 1 N–H and O–H groups in total. The van der Waals surface area contributed by atoms with Gasteiger partial charge in [-0.2, -0.15) is 0 Å². The molecule has 2 aliphatic heterocycles. The first-order valence-electron chi connectivity index (χ1n) is 9.60. The van der Waals surface area contributed by atoms with E-state index in [1.165, 1.54) is 0 Å². The van der Waals surface area contributed by atoms with Crippen molar-refractivity contribution in [1.29, 1.82) is 0 Å². The second kappa shape index (κ2) is 7.44. The highest BCUT2D eigenvalue weighted by Gasteiger charge is 2.55. The van der Waals surface area contributed by atoms with Crippen LogP contribution in [0, 0.1) is 11.8 Å². The van der Waals surface area contributed by atoms with E-state index in [0.717, 1.165) is 16.9 Å². The van der Waals surface area contributed by atoms with E-state index in [1.54, 1.807) is 13.2 Å². The van der Waals surface area contributed by atoms with E-state index in [2.05, 4.69) is 0 Å². The van der Waals surface area contributed by atoms with Crippen molar-refractivity contribution in [3.8, 4) is 17.2 Å². The van der Waals surface area contributed by atoms with Gasteiger partial charge in [0.25, 0.3) is 0 Å². The van der Waals surface area contributed by atoms with Crippen LogP contribution in [-0.2, 0) is 16.0 Å². The van der Waals surface area contributed by atoms with Crippen LogP contribution in [0.25, 0.3) is 6.08 Å².